The predicted octanol–water partition coefficient (Wildman–Crippen LogP) is 1.42. The Hall–Kier alpha value is -0.550. The molecule has 5 heteroatoms. The highest BCUT2D eigenvalue weighted by Crippen LogP contribution is 2.16. The highest BCUT2D eigenvalue weighted by Gasteiger charge is 1.96. The van der Waals surface area contributed by atoms with Crippen LogP contribution in [0.25, 0.3) is 0 Å². The van der Waals surface area contributed by atoms with E-state index in [1.54, 1.807) is 6.08 Å². The van der Waals surface area contributed by atoms with Crippen molar-refractivity contribution in [1.82, 2.24) is 10.2 Å². The van der Waals surface area contributed by atoms with Crippen molar-refractivity contribution < 1.29 is 0 Å². The molecule has 0 atom stereocenters. The standard InChI is InChI=1S/C5H7N3S2/c1-2-3-6-4-7-8-5(9)10-4/h2H,1,3H2,(H,6,7)(H,8,9). The summed E-state index contributed by atoms with van der Waals surface area (Å²) in [5.74, 6) is 0. The molecule has 0 saturated carbocycles. The first-order valence-corrected chi connectivity index (χ1v) is 3.96. The first-order chi connectivity index (χ1) is 4.83. The van der Waals surface area contributed by atoms with Crippen LogP contribution >= 0.6 is 24.0 Å². The SMILES string of the molecule is C=CCNc1nnc(S)s1. The maximum atomic E-state index is 4.01. The van der Waals surface area contributed by atoms with E-state index >= 15 is 0 Å². The van der Waals surface area contributed by atoms with Crippen LogP contribution in [0.3, 0.4) is 0 Å². The van der Waals surface area contributed by atoms with Gasteiger partial charge in [-0.25, -0.2) is 0 Å². The second-order valence-corrected chi connectivity index (χ2v) is 3.26. The van der Waals surface area contributed by atoms with Crippen LogP contribution < -0.4 is 5.32 Å². The summed E-state index contributed by atoms with van der Waals surface area (Å²) in [7, 11) is 0. The zero-order chi connectivity index (χ0) is 7.40. The van der Waals surface area contributed by atoms with Crippen LogP contribution in [0.4, 0.5) is 5.13 Å². The topological polar surface area (TPSA) is 37.8 Å². The number of anilines is 1. The number of nitrogens with zero attached hydrogens (tertiary/aromatic N) is 2. The maximum Gasteiger partial charge on any atom is 0.206 e. The summed E-state index contributed by atoms with van der Waals surface area (Å²) in [6.07, 6.45) is 1.76. The summed E-state index contributed by atoms with van der Waals surface area (Å²) in [5, 5.41) is 11.3. The van der Waals surface area contributed by atoms with Gasteiger partial charge < -0.3 is 5.32 Å². The van der Waals surface area contributed by atoms with Crippen molar-refractivity contribution >= 4 is 29.1 Å². The molecule has 0 fully saturated rings. The molecule has 1 rings (SSSR count). The molecule has 0 aliphatic heterocycles. The minimum absolute atomic E-state index is 0.673. The number of hydrogen-bond donors (Lipinski definition) is 2. The molecule has 0 unspecified atom stereocenters. The lowest BCUT2D eigenvalue weighted by molar-refractivity contribution is 1.01. The molecule has 0 aromatic carbocycles. The number of thiol groups is 1. The van der Waals surface area contributed by atoms with E-state index in [1.807, 2.05) is 0 Å². The van der Waals surface area contributed by atoms with E-state index in [-0.39, 0.29) is 0 Å². The van der Waals surface area contributed by atoms with Gasteiger partial charge in [0.1, 0.15) is 0 Å². The largest absolute Gasteiger partial charge is 0.357 e. The van der Waals surface area contributed by atoms with Crippen LogP contribution in [0.15, 0.2) is 17.0 Å². The van der Waals surface area contributed by atoms with E-state index in [4.69, 9.17) is 0 Å². The van der Waals surface area contributed by atoms with Crippen LogP contribution in [0.2, 0.25) is 0 Å². The third-order valence-corrected chi connectivity index (χ3v) is 1.86. The van der Waals surface area contributed by atoms with Gasteiger partial charge in [-0.2, -0.15) is 0 Å². The van der Waals surface area contributed by atoms with Crippen LogP contribution in [0.1, 0.15) is 0 Å². The maximum absolute atomic E-state index is 4.01. The van der Waals surface area contributed by atoms with Gasteiger partial charge in [-0.3, -0.25) is 0 Å². The van der Waals surface area contributed by atoms with Gasteiger partial charge in [0.15, 0.2) is 4.34 Å². The monoisotopic (exact) mass is 173 g/mol. The highest BCUT2D eigenvalue weighted by atomic mass is 32.2. The lowest BCUT2D eigenvalue weighted by Gasteiger charge is -1.91. The quantitative estimate of drug-likeness (QED) is 0.536. The molecule has 0 aliphatic rings. The summed E-state index contributed by atoms with van der Waals surface area (Å²) in [6.45, 7) is 4.27. The Morgan fingerprint density at radius 1 is 1.70 bits per heavy atom. The zero-order valence-electron chi connectivity index (χ0n) is 5.24. The molecule has 1 heterocycles. The Morgan fingerprint density at radius 2 is 2.50 bits per heavy atom. The minimum Gasteiger partial charge on any atom is -0.357 e. The first kappa shape index (κ1) is 7.56. The van der Waals surface area contributed by atoms with Gasteiger partial charge in [-0.05, 0) is 0 Å². The molecule has 10 heavy (non-hydrogen) atoms. The molecule has 0 spiro atoms. The minimum atomic E-state index is 0.673. The zero-order valence-corrected chi connectivity index (χ0v) is 6.95. The van der Waals surface area contributed by atoms with Gasteiger partial charge in [0, 0.05) is 6.54 Å². The molecule has 3 nitrogen and oxygen atoms in total. The molecule has 1 aromatic rings. The second kappa shape index (κ2) is 3.58. The summed E-state index contributed by atoms with van der Waals surface area (Å²) in [5.41, 5.74) is 0. The van der Waals surface area contributed by atoms with Crippen molar-refractivity contribution in [2.45, 2.75) is 4.34 Å². The van der Waals surface area contributed by atoms with Crippen molar-refractivity contribution in [1.29, 1.82) is 0 Å². The third-order valence-electron chi connectivity index (χ3n) is 0.812. The fourth-order valence-corrected chi connectivity index (χ4v) is 1.24. The van der Waals surface area contributed by atoms with Gasteiger partial charge in [-0.1, -0.05) is 17.4 Å². The number of rotatable bonds is 3. The third kappa shape index (κ3) is 2.00. The molecule has 0 bridgehead atoms. The van der Waals surface area contributed by atoms with Crippen molar-refractivity contribution in [3.05, 3.63) is 12.7 Å². The fourth-order valence-electron chi connectivity index (χ4n) is 0.446. The molecule has 0 amide bonds. The van der Waals surface area contributed by atoms with Crippen LogP contribution in [-0.2, 0) is 0 Å². The van der Waals surface area contributed by atoms with E-state index in [9.17, 15) is 0 Å². The lowest BCUT2D eigenvalue weighted by Crippen LogP contribution is -1.96. The molecular weight excluding hydrogens is 166 g/mol. The van der Waals surface area contributed by atoms with Crippen LogP contribution in [-0.4, -0.2) is 16.7 Å². The predicted molar refractivity (Wildman–Crippen MR) is 45.8 cm³/mol. The van der Waals surface area contributed by atoms with E-state index in [0.29, 0.717) is 10.9 Å². The van der Waals surface area contributed by atoms with Crippen LogP contribution in [0, 0.1) is 0 Å². The van der Waals surface area contributed by atoms with Gasteiger partial charge in [0.05, 0.1) is 0 Å². The Bertz CT molecular complexity index is 220. The first-order valence-electron chi connectivity index (χ1n) is 2.70. The van der Waals surface area contributed by atoms with E-state index in [0.717, 1.165) is 5.13 Å². The molecule has 1 aromatic heterocycles. The molecule has 0 aliphatic carbocycles. The summed E-state index contributed by atoms with van der Waals surface area (Å²) in [6, 6.07) is 0. The second-order valence-electron chi connectivity index (χ2n) is 1.56. The van der Waals surface area contributed by atoms with Gasteiger partial charge in [0.2, 0.25) is 5.13 Å². The van der Waals surface area contributed by atoms with Crippen molar-refractivity contribution in [2.24, 2.45) is 0 Å². The molecule has 0 radical (unpaired) electrons. The molecule has 54 valence electrons. The van der Waals surface area contributed by atoms with Crippen molar-refractivity contribution in [2.75, 3.05) is 11.9 Å². The number of nitrogens with one attached hydrogen (secondary N) is 1. The molecule has 1 N–H and O–H groups in total. The van der Waals surface area contributed by atoms with Gasteiger partial charge in [-0.15, -0.1) is 29.4 Å². The van der Waals surface area contributed by atoms with Gasteiger partial charge in [0.25, 0.3) is 0 Å². The van der Waals surface area contributed by atoms with E-state index in [1.165, 1.54) is 11.3 Å². The normalized spacial score (nSPS) is 9.30. The highest BCUT2D eigenvalue weighted by molar-refractivity contribution is 7.82. The Labute approximate surface area is 68.6 Å². The lowest BCUT2D eigenvalue weighted by atomic mass is 10.6. The molecular formula is C5H7N3S2. The Morgan fingerprint density at radius 3 is 3.00 bits per heavy atom. The van der Waals surface area contributed by atoms with Gasteiger partial charge >= 0.3 is 0 Å². The van der Waals surface area contributed by atoms with Crippen LogP contribution in [0.5, 0.6) is 0 Å². The summed E-state index contributed by atoms with van der Waals surface area (Å²) < 4.78 is 0.673. The van der Waals surface area contributed by atoms with E-state index < -0.39 is 0 Å². The van der Waals surface area contributed by atoms with Crippen molar-refractivity contribution in [3.8, 4) is 0 Å². The van der Waals surface area contributed by atoms with E-state index in [2.05, 4.69) is 34.7 Å². The fraction of sp³-hybridized carbons (Fsp3) is 0.200. The summed E-state index contributed by atoms with van der Waals surface area (Å²) >= 11 is 5.42. The number of aromatic nitrogens is 2. The average molecular weight is 173 g/mol. The Balaban J connectivity index is 2.49. The average Bonchev–Trinajstić information content (AvgIpc) is 2.31. The Kier molecular flexibility index (Phi) is 2.70. The van der Waals surface area contributed by atoms with Crippen molar-refractivity contribution in [3.63, 3.8) is 0 Å². The summed E-state index contributed by atoms with van der Waals surface area (Å²) in [4.78, 5) is 0. The molecule has 0 saturated heterocycles. The number of hydrogen-bond acceptors (Lipinski definition) is 5. The smallest absolute Gasteiger partial charge is 0.206 e.